The number of aryl methyl sites for hydroxylation is 2. The van der Waals surface area contributed by atoms with E-state index >= 15 is 0 Å². The van der Waals surface area contributed by atoms with Crippen molar-refractivity contribution in [2.45, 2.75) is 33.6 Å². The molecule has 0 unspecified atom stereocenters. The molecule has 144 valence electrons. The van der Waals surface area contributed by atoms with Gasteiger partial charge >= 0.3 is 0 Å². The molecule has 0 bridgehead atoms. The Balaban J connectivity index is 1.62. The predicted molar refractivity (Wildman–Crippen MR) is 112 cm³/mol. The molecule has 0 fully saturated rings. The average Bonchev–Trinajstić information content (AvgIpc) is 3.02. The zero-order valence-electron chi connectivity index (χ0n) is 16.0. The van der Waals surface area contributed by atoms with Crippen LogP contribution in [0.1, 0.15) is 41.3 Å². The van der Waals surface area contributed by atoms with Crippen LogP contribution in [0.4, 0.5) is 10.8 Å². The molecule has 1 heterocycles. The third-order valence-corrected chi connectivity index (χ3v) is 5.16. The Kier molecular flexibility index (Phi) is 5.84. The minimum atomic E-state index is -0.250. The highest BCUT2D eigenvalue weighted by Crippen LogP contribution is 2.28. The molecule has 2 N–H and O–H groups in total. The molecular formula is C21H21N3O3S. The van der Waals surface area contributed by atoms with Gasteiger partial charge < -0.3 is 10.6 Å². The van der Waals surface area contributed by atoms with E-state index in [-0.39, 0.29) is 30.4 Å². The second-order valence-corrected chi connectivity index (χ2v) is 7.70. The number of Topliss-reactive ketones (excluding diaryl/α,β-unsaturated/α-hetero) is 1. The van der Waals surface area contributed by atoms with Crippen molar-refractivity contribution in [1.29, 1.82) is 0 Å². The van der Waals surface area contributed by atoms with Crippen LogP contribution in [-0.4, -0.2) is 22.6 Å². The Morgan fingerprint density at radius 1 is 1.00 bits per heavy atom. The monoisotopic (exact) mass is 395 g/mol. The van der Waals surface area contributed by atoms with Crippen LogP contribution in [0.2, 0.25) is 0 Å². The molecule has 28 heavy (non-hydrogen) atoms. The number of carbonyl (C=O) groups excluding carboxylic acids is 3. The van der Waals surface area contributed by atoms with Gasteiger partial charge in [-0.25, -0.2) is 4.98 Å². The minimum Gasteiger partial charge on any atom is -0.326 e. The number of thiazole rings is 1. The van der Waals surface area contributed by atoms with Crippen LogP contribution < -0.4 is 10.6 Å². The summed E-state index contributed by atoms with van der Waals surface area (Å²) >= 11 is 1.32. The van der Waals surface area contributed by atoms with Crippen molar-refractivity contribution in [2.24, 2.45) is 0 Å². The molecular weight excluding hydrogens is 374 g/mol. The molecule has 3 aromatic rings. The maximum Gasteiger partial charge on any atom is 0.226 e. The summed E-state index contributed by atoms with van der Waals surface area (Å²) in [6, 6.07) is 11.1. The lowest BCUT2D eigenvalue weighted by atomic mass is 9.99. The fraction of sp³-hybridized carbons (Fsp3) is 0.238. The van der Waals surface area contributed by atoms with Gasteiger partial charge in [-0.2, -0.15) is 0 Å². The number of hydrogen-bond acceptors (Lipinski definition) is 5. The number of anilines is 2. The first-order chi connectivity index (χ1) is 13.3. The third-order valence-electron chi connectivity index (χ3n) is 4.23. The highest BCUT2D eigenvalue weighted by molar-refractivity contribution is 7.22. The van der Waals surface area contributed by atoms with Crippen LogP contribution in [0.15, 0.2) is 36.4 Å². The Bertz CT molecular complexity index is 1070. The van der Waals surface area contributed by atoms with Crippen LogP contribution in [0, 0.1) is 13.8 Å². The number of nitrogens with one attached hydrogen (secondary N) is 2. The molecule has 0 saturated carbocycles. The van der Waals surface area contributed by atoms with Crippen molar-refractivity contribution in [3.05, 3.63) is 53.1 Å². The summed E-state index contributed by atoms with van der Waals surface area (Å²) in [5, 5.41) is 5.94. The first kappa shape index (κ1) is 19.7. The minimum absolute atomic E-state index is 0.0411. The number of amides is 2. The largest absolute Gasteiger partial charge is 0.326 e. The number of aromatic nitrogens is 1. The molecule has 0 spiro atoms. The summed E-state index contributed by atoms with van der Waals surface area (Å²) in [7, 11) is 0. The Morgan fingerprint density at radius 3 is 2.54 bits per heavy atom. The second-order valence-electron chi connectivity index (χ2n) is 6.67. The second kappa shape index (κ2) is 8.31. The number of hydrogen-bond donors (Lipinski definition) is 2. The smallest absolute Gasteiger partial charge is 0.226 e. The quantitative estimate of drug-likeness (QED) is 0.603. The molecule has 2 amide bonds. The van der Waals surface area contributed by atoms with E-state index in [0.29, 0.717) is 16.4 Å². The van der Waals surface area contributed by atoms with Gasteiger partial charge in [0.25, 0.3) is 0 Å². The van der Waals surface area contributed by atoms with E-state index in [1.165, 1.54) is 18.3 Å². The predicted octanol–water partition coefficient (Wildman–Crippen LogP) is 4.47. The van der Waals surface area contributed by atoms with E-state index in [1.54, 1.807) is 12.1 Å². The van der Waals surface area contributed by atoms with Crippen LogP contribution in [0.5, 0.6) is 0 Å². The SMILES string of the molecule is CC(=O)Nc1ccc2nc(NC(=O)CCC(=O)c3cc(C)ccc3C)sc2c1. The summed E-state index contributed by atoms with van der Waals surface area (Å²) in [4.78, 5) is 40.2. The molecule has 2 aromatic carbocycles. The maximum absolute atomic E-state index is 12.4. The number of nitrogens with zero attached hydrogens (tertiary/aromatic N) is 1. The van der Waals surface area contributed by atoms with Crippen LogP contribution in [0.25, 0.3) is 10.2 Å². The Morgan fingerprint density at radius 2 is 1.79 bits per heavy atom. The van der Waals surface area contributed by atoms with E-state index in [1.807, 2.05) is 38.1 Å². The van der Waals surface area contributed by atoms with Crippen molar-refractivity contribution in [1.82, 2.24) is 4.98 Å². The van der Waals surface area contributed by atoms with Gasteiger partial charge in [-0.15, -0.1) is 0 Å². The lowest BCUT2D eigenvalue weighted by molar-refractivity contribution is -0.116. The fourth-order valence-electron chi connectivity index (χ4n) is 2.84. The molecule has 0 atom stereocenters. The number of ketones is 1. The van der Waals surface area contributed by atoms with Gasteiger partial charge in [-0.05, 0) is 43.7 Å². The zero-order valence-corrected chi connectivity index (χ0v) is 16.8. The third kappa shape index (κ3) is 4.80. The number of rotatable bonds is 6. The molecule has 0 saturated heterocycles. The molecule has 0 radical (unpaired) electrons. The molecule has 0 aliphatic carbocycles. The van der Waals surface area contributed by atoms with E-state index in [0.717, 1.165) is 21.3 Å². The van der Waals surface area contributed by atoms with Crippen molar-refractivity contribution in [3.8, 4) is 0 Å². The Labute approximate surface area is 167 Å². The first-order valence-electron chi connectivity index (χ1n) is 8.90. The lowest BCUT2D eigenvalue weighted by Gasteiger charge is -2.06. The van der Waals surface area contributed by atoms with E-state index < -0.39 is 0 Å². The van der Waals surface area contributed by atoms with Gasteiger partial charge in [0, 0.05) is 31.0 Å². The molecule has 6 nitrogen and oxygen atoms in total. The molecule has 1 aromatic heterocycles. The van der Waals surface area contributed by atoms with E-state index in [4.69, 9.17) is 0 Å². The maximum atomic E-state index is 12.4. The summed E-state index contributed by atoms with van der Waals surface area (Å²) in [5.41, 5.74) is 4.02. The van der Waals surface area contributed by atoms with Gasteiger partial charge in [0.1, 0.15) is 0 Å². The highest BCUT2D eigenvalue weighted by Gasteiger charge is 2.13. The molecule has 0 aliphatic heterocycles. The average molecular weight is 395 g/mol. The summed E-state index contributed by atoms with van der Waals surface area (Å²) in [6.45, 7) is 5.28. The fourth-order valence-corrected chi connectivity index (χ4v) is 3.76. The van der Waals surface area contributed by atoms with Crippen molar-refractivity contribution < 1.29 is 14.4 Å². The lowest BCUT2D eigenvalue weighted by Crippen LogP contribution is -2.13. The van der Waals surface area contributed by atoms with Gasteiger partial charge in [0.15, 0.2) is 10.9 Å². The normalized spacial score (nSPS) is 10.7. The van der Waals surface area contributed by atoms with Gasteiger partial charge in [-0.1, -0.05) is 29.0 Å². The van der Waals surface area contributed by atoms with Gasteiger partial charge in [-0.3, -0.25) is 14.4 Å². The molecule has 3 rings (SSSR count). The van der Waals surface area contributed by atoms with Crippen molar-refractivity contribution in [3.63, 3.8) is 0 Å². The van der Waals surface area contributed by atoms with Crippen LogP contribution >= 0.6 is 11.3 Å². The summed E-state index contributed by atoms with van der Waals surface area (Å²) in [5.74, 6) is -0.439. The van der Waals surface area contributed by atoms with Crippen LogP contribution in [0.3, 0.4) is 0 Å². The first-order valence-corrected chi connectivity index (χ1v) is 9.72. The number of benzene rings is 2. The molecule has 7 heteroatoms. The van der Waals surface area contributed by atoms with Crippen LogP contribution in [-0.2, 0) is 9.59 Å². The topological polar surface area (TPSA) is 88.2 Å². The van der Waals surface area contributed by atoms with E-state index in [2.05, 4.69) is 15.6 Å². The number of carbonyl (C=O) groups is 3. The van der Waals surface area contributed by atoms with Crippen molar-refractivity contribution >= 4 is 50.0 Å². The standard InChI is InChI=1S/C21H21N3O3S/c1-12-4-5-13(2)16(10-12)18(26)8-9-20(27)24-21-23-17-7-6-15(22-14(3)25)11-19(17)28-21/h4-7,10-11H,8-9H2,1-3H3,(H,22,25)(H,23,24,27). The number of fused-ring (bicyclic) bond motifs is 1. The van der Waals surface area contributed by atoms with Crippen molar-refractivity contribution in [2.75, 3.05) is 10.6 Å². The molecule has 0 aliphatic rings. The van der Waals surface area contributed by atoms with E-state index in [9.17, 15) is 14.4 Å². The summed E-state index contributed by atoms with van der Waals surface area (Å²) in [6.07, 6.45) is 0.243. The van der Waals surface area contributed by atoms with Gasteiger partial charge in [0.2, 0.25) is 11.8 Å². The highest BCUT2D eigenvalue weighted by atomic mass is 32.1. The zero-order chi connectivity index (χ0) is 20.3. The van der Waals surface area contributed by atoms with Gasteiger partial charge in [0.05, 0.1) is 10.2 Å². The summed E-state index contributed by atoms with van der Waals surface area (Å²) < 4.78 is 0.855. The Hall–Kier alpha value is -3.06.